The third-order valence-corrected chi connectivity index (χ3v) is 16.5. The Bertz CT molecular complexity index is 2410. The molecule has 404 valence electrons. The number of amides is 4. The smallest absolute Gasteiger partial charge is 0.379 e. The van der Waals surface area contributed by atoms with Gasteiger partial charge in [0.2, 0.25) is 23.6 Å². The van der Waals surface area contributed by atoms with Crippen LogP contribution < -0.4 is 16.0 Å². The fraction of sp³-hybridized carbons (Fsp3) is 0.636. The lowest BCUT2D eigenvalue weighted by molar-refractivity contribution is -0.146. The topological polar surface area (TPSA) is 174 Å². The second kappa shape index (κ2) is 25.5. The molecule has 2 saturated carbocycles. The molecule has 4 amide bonds. The molecule has 5 aliphatic rings. The number of benzene rings is 1. The van der Waals surface area contributed by atoms with E-state index in [1.165, 1.54) is 11.1 Å². The van der Waals surface area contributed by atoms with Crippen LogP contribution in [-0.2, 0) is 70.1 Å². The minimum atomic E-state index is -4.65. The molecule has 8 rings (SSSR count). The molecule has 2 aliphatic heterocycles. The van der Waals surface area contributed by atoms with Crippen molar-refractivity contribution in [1.29, 1.82) is 0 Å². The number of aromatic nitrogens is 2. The summed E-state index contributed by atoms with van der Waals surface area (Å²) >= 11 is 3.58. The maximum Gasteiger partial charge on any atom is 0.418 e. The number of alkyl halides is 3. The second-order valence-corrected chi connectivity index (χ2v) is 21.9. The van der Waals surface area contributed by atoms with Gasteiger partial charge in [-0.15, -0.1) is 0 Å². The molecule has 74 heavy (non-hydrogen) atoms. The number of hydrogen-bond acceptors (Lipinski definition) is 11. The monoisotopic (exact) mass is 1100 g/mol. The molecule has 0 spiro atoms. The summed E-state index contributed by atoms with van der Waals surface area (Å²) in [6.45, 7) is 6.95. The number of fused-ring (bicyclic) bond motifs is 2. The van der Waals surface area contributed by atoms with E-state index in [1.807, 2.05) is 6.07 Å². The quantitative estimate of drug-likeness (QED) is 0.0810. The first-order chi connectivity index (χ1) is 35.6. The van der Waals surface area contributed by atoms with Gasteiger partial charge in [0.05, 0.1) is 80.5 Å². The van der Waals surface area contributed by atoms with Crippen LogP contribution in [0.15, 0.2) is 53.3 Å². The fourth-order valence-corrected chi connectivity index (χ4v) is 12.3. The van der Waals surface area contributed by atoms with Crippen molar-refractivity contribution >= 4 is 39.6 Å². The van der Waals surface area contributed by atoms with E-state index in [-0.39, 0.29) is 111 Å². The molecule has 2 aromatic heterocycles. The zero-order valence-corrected chi connectivity index (χ0v) is 44.6. The summed E-state index contributed by atoms with van der Waals surface area (Å²) in [5.74, 6) is -0.965. The predicted octanol–water partition coefficient (Wildman–Crippen LogP) is 7.38. The van der Waals surface area contributed by atoms with E-state index in [9.17, 15) is 32.3 Å². The van der Waals surface area contributed by atoms with Gasteiger partial charge in [0.25, 0.3) is 0 Å². The number of nitrogens with zero attached hydrogens (tertiary/aromatic N) is 4. The number of carbonyl (C=O) groups is 4. The number of rotatable bonds is 23. The van der Waals surface area contributed by atoms with Gasteiger partial charge >= 0.3 is 6.18 Å². The molecule has 0 radical (unpaired) electrons. The van der Waals surface area contributed by atoms with E-state index in [1.54, 1.807) is 35.3 Å². The number of likely N-dealkylation sites (tertiary alicyclic amines) is 1. The van der Waals surface area contributed by atoms with Gasteiger partial charge in [0.15, 0.2) is 0 Å². The minimum Gasteiger partial charge on any atom is -0.379 e. The number of aryl methyl sites for hydroxylation is 1. The first-order valence-corrected chi connectivity index (χ1v) is 27.4. The molecule has 4 heterocycles. The lowest BCUT2D eigenvalue weighted by atomic mass is 9.74. The molecule has 3 aromatic rings. The summed E-state index contributed by atoms with van der Waals surface area (Å²) in [6.07, 6.45) is 7.13. The number of hydrogen-bond donors (Lipinski definition) is 3. The van der Waals surface area contributed by atoms with Crippen LogP contribution in [-0.4, -0.2) is 128 Å². The highest BCUT2D eigenvalue weighted by Gasteiger charge is 2.50. The zero-order valence-electron chi connectivity index (χ0n) is 43.0. The van der Waals surface area contributed by atoms with E-state index < -0.39 is 23.1 Å². The Labute approximate surface area is 441 Å². The number of carbonyl (C=O) groups excluding carboxylic acids is 4. The maximum atomic E-state index is 14.5. The molecule has 3 aliphatic carbocycles. The van der Waals surface area contributed by atoms with E-state index in [4.69, 9.17) is 18.9 Å². The zero-order chi connectivity index (χ0) is 52.4. The first-order valence-electron chi connectivity index (χ1n) is 26.6. The van der Waals surface area contributed by atoms with E-state index >= 15 is 0 Å². The highest BCUT2D eigenvalue weighted by atomic mass is 79.9. The van der Waals surface area contributed by atoms with Crippen molar-refractivity contribution in [1.82, 2.24) is 35.7 Å². The molecule has 0 bridgehead atoms. The summed E-state index contributed by atoms with van der Waals surface area (Å²) in [4.78, 5) is 64.5. The SMILES string of the molecule is CC(C)[C@]1(C(=O)N2CCc3nc(CCNC(=O)CCOCCOCCOC4CCC(OCCNC(=O)[C@H]5CC(=O)N(C)[C@@H]5c5cccnc5)CC4)c(C(F)(F)F)cc3C2)CC[C@@H](N[C@@H]2CCc3cc(Br)ccc32)C1. The highest BCUT2D eigenvalue weighted by Crippen LogP contribution is 2.48. The standard InChI is InChI=1S/C55H73BrF3N7O8/c1-35(2)54(18-14-40(32-54)63-47-13-6-36-29-39(56)7-12-43(36)47)53(70)66-22-16-46-38(34-66)30-45(55(57,58)59)48(64-46)15-20-61-49(67)17-23-71-25-26-72-27-28-74-42-10-8-41(9-11-42)73-24-21-62-52(69)44-31-50(68)65(3)51(44)37-5-4-19-60-33-37/h4-5,7,12,19,29-30,33,35,40-42,44,47,51,63H,6,8-11,13-18,20-28,31-32,34H2,1-3H3,(H,61,67)(H,62,69)/t40-,41?,42?,44+,47-,51-,54+/m1/s1. The van der Waals surface area contributed by atoms with Crippen molar-refractivity contribution in [2.75, 3.05) is 66.3 Å². The normalized spacial score (nSPS) is 24.8. The van der Waals surface area contributed by atoms with E-state index in [0.29, 0.717) is 63.6 Å². The molecular weight excluding hydrogens is 1020 g/mol. The van der Waals surface area contributed by atoms with Gasteiger partial charge in [-0.3, -0.25) is 29.1 Å². The summed E-state index contributed by atoms with van der Waals surface area (Å²) in [7, 11) is 1.72. The maximum absolute atomic E-state index is 14.5. The number of halogens is 4. The summed E-state index contributed by atoms with van der Waals surface area (Å²) in [5.41, 5.74) is 2.95. The Morgan fingerprint density at radius 1 is 0.892 bits per heavy atom. The molecule has 3 fully saturated rings. The minimum absolute atomic E-state index is 0.00984. The van der Waals surface area contributed by atoms with Gasteiger partial charge < -0.3 is 44.7 Å². The van der Waals surface area contributed by atoms with Gasteiger partial charge in [-0.2, -0.15) is 13.2 Å². The van der Waals surface area contributed by atoms with Gasteiger partial charge in [0, 0.05) is 93.6 Å². The Morgan fingerprint density at radius 3 is 2.36 bits per heavy atom. The molecule has 15 nitrogen and oxygen atoms in total. The number of ether oxygens (including phenoxy) is 4. The Hall–Kier alpha value is -4.53. The van der Waals surface area contributed by atoms with Crippen molar-refractivity contribution in [2.45, 2.75) is 140 Å². The molecular formula is C55H73BrF3N7O8. The van der Waals surface area contributed by atoms with Gasteiger partial charge in [0.1, 0.15) is 0 Å². The van der Waals surface area contributed by atoms with Gasteiger partial charge in [-0.05, 0) is 110 Å². The van der Waals surface area contributed by atoms with Crippen LogP contribution in [0.2, 0.25) is 0 Å². The van der Waals surface area contributed by atoms with Crippen LogP contribution in [0.1, 0.15) is 129 Å². The third kappa shape index (κ3) is 13.9. The van der Waals surface area contributed by atoms with Crippen molar-refractivity contribution in [3.8, 4) is 0 Å². The van der Waals surface area contributed by atoms with Crippen LogP contribution in [0.4, 0.5) is 13.2 Å². The predicted molar refractivity (Wildman–Crippen MR) is 273 cm³/mol. The third-order valence-electron chi connectivity index (χ3n) is 16.0. The molecule has 3 N–H and O–H groups in total. The largest absolute Gasteiger partial charge is 0.418 e. The van der Waals surface area contributed by atoms with Crippen molar-refractivity contribution in [2.24, 2.45) is 17.3 Å². The van der Waals surface area contributed by atoms with Crippen molar-refractivity contribution < 1.29 is 51.3 Å². The summed E-state index contributed by atoms with van der Waals surface area (Å²) < 4.78 is 67.9. The van der Waals surface area contributed by atoms with Crippen molar-refractivity contribution in [3.63, 3.8) is 0 Å². The van der Waals surface area contributed by atoms with E-state index in [2.05, 4.69) is 73.9 Å². The van der Waals surface area contributed by atoms with Crippen LogP contribution in [0.3, 0.4) is 0 Å². The Kier molecular flexibility index (Phi) is 19.2. The fourth-order valence-electron chi connectivity index (χ4n) is 11.8. The average molecular weight is 1100 g/mol. The van der Waals surface area contributed by atoms with Crippen LogP contribution in [0, 0.1) is 17.3 Å². The van der Waals surface area contributed by atoms with Gasteiger partial charge in [-0.25, -0.2) is 0 Å². The van der Waals surface area contributed by atoms with Crippen LogP contribution in [0.5, 0.6) is 0 Å². The average Bonchev–Trinajstić information content (AvgIpc) is 4.09. The molecule has 1 saturated heterocycles. The van der Waals surface area contributed by atoms with Crippen LogP contribution in [0.25, 0.3) is 0 Å². The summed E-state index contributed by atoms with van der Waals surface area (Å²) in [5, 5.41) is 9.52. The Balaban J connectivity index is 0.669. The van der Waals surface area contributed by atoms with Crippen molar-refractivity contribution in [3.05, 3.63) is 92.5 Å². The molecule has 0 unspecified atom stereocenters. The molecule has 5 atom stereocenters. The number of pyridine rings is 2. The lowest BCUT2D eigenvalue weighted by Gasteiger charge is -2.40. The second-order valence-electron chi connectivity index (χ2n) is 21.0. The summed E-state index contributed by atoms with van der Waals surface area (Å²) in [6, 6.07) is 11.4. The highest BCUT2D eigenvalue weighted by molar-refractivity contribution is 9.10. The van der Waals surface area contributed by atoms with E-state index in [0.717, 1.165) is 67.5 Å². The lowest BCUT2D eigenvalue weighted by Crippen LogP contribution is -2.48. The molecule has 19 heteroatoms. The van der Waals surface area contributed by atoms with Crippen LogP contribution >= 0.6 is 15.9 Å². The molecule has 1 aromatic carbocycles. The van der Waals surface area contributed by atoms with Gasteiger partial charge in [-0.1, -0.05) is 41.9 Å². The Morgan fingerprint density at radius 2 is 1.64 bits per heavy atom. The first kappa shape index (κ1) is 55.7. The number of nitrogens with one attached hydrogen (secondary N) is 3.